The third kappa shape index (κ3) is 1.81. The Morgan fingerprint density at radius 1 is 1.28 bits per heavy atom. The summed E-state index contributed by atoms with van der Waals surface area (Å²) in [5.41, 5.74) is 4.26. The van der Waals surface area contributed by atoms with E-state index in [0.29, 0.717) is 32.2 Å². The molecule has 18 heavy (non-hydrogen) atoms. The summed E-state index contributed by atoms with van der Waals surface area (Å²) in [6, 6.07) is 0. The molecule has 1 saturated carbocycles. The van der Waals surface area contributed by atoms with E-state index >= 15 is 0 Å². The first-order chi connectivity index (χ1) is 8.46. The fraction of sp³-hybridized carbons (Fsp3) is 0.846. The molecule has 1 saturated heterocycles. The highest BCUT2D eigenvalue weighted by atomic mass is 16.4. The van der Waals surface area contributed by atoms with Crippen LogP contribution in [0.2, 0.25) is 0 Å². The minimum atomic E-state index is -1.01. The molecule has 0 aromatic carbocycles. The smallest absolute Gasteiger partial charge is 0.329 e. The lowest BCUT2D eigenvalue weighted by molar-refractivity contribution is -0.160. The van der Waals surface area contributed by atoms with Gasteiger partial charge in [-0.25, -0.2) is 4.79 Å². The number of nitrogens with two attached hydrogens (primary N) is 1. The van der Waals surface area contributed by atoms with E-state index in [9.17, 15) is 14.7 Å². The molecular formula is C13H22N2O3. The van der Waals surface area contributed by atoms with E-state index in [2.05, 4.69) is 0 Å². The topological polar surface area (TPSA) is 83.6 Å². The van der Waals surface area contributed by atoms with Gasteiger partial charge in [-0.2, -0.15) is 0 Å². The van der Waals surface area contributed by atoms with Gasteiger partial charge in [0.15, 0.2) is 0 Å². The number of hydrogen-bond acceptors (Lipinski definition) is 3. The van der Waals surface area contributed by atoms with Crippen molar-refractivity contribution >= 4 is 11.9 Å². The van der Waals surface area contributed by atoms with Crippen molar-refractivity contribution in [3.05, 3.63) is 0 Å². The van der Waals surface area contributed by atoms with Crippen LogP contribution in [-0.4, -0.2) is 39.5 Å². The zero-order valence-corrected chi connectivity index (χ0v) is 10.9. The Balaban J connectivity index is 2.24. The van der Waals surface area contributed by atoms with Crippen LogP contribution in [0.25, 0.3) is 0 Å². The summed E-state index contributed by atoms with van der Waals surface area (Å²) in [5, 5.41) is 9.54. The number of nitrogens with zero attached hydrogens (tertiary/aromatic N) is 1. The molecule has 0 aromatic rings. The van der Waals surface area contributed by atoms with E-state index in [4.69, 9.17) is 5.73 Å². The summed E-state index contributed by atoms with van der Waals surface area (Å²) in [7, 11) is 0. The largest absolute Gasteiger partial charge is 0.479 e. The Morgan fingerprint density at radius 3 is 2.39 bits per heavy atom. The van der Waals surface area contributed by atoms with E-state index in [1.54, 1.807) is 4.90 Å². The van der Waals surface area contributed by atoms with Crippen molar-refractivity contribution in [1.82, 2.24) is 4.90 Å². The Bertz CT molecular complexity index is 365. The number of hydrogen-bond donors (Lipinski definition) is 2. The summed E-state index contributed by atoms with van der Waals surface area (Å²) in [5.74, 6) is -1.03. The van der Waals surface area contributed by atoms with Gasteiger partial charge in [-0.3, -0.25) is 4.79 Å². The maximum absolute atomic E-state index is 12.5. The molecule has 0 aromatic heterocycles. The van der Waals surface area contributed by atoms with Gasteiger partial charge < -0.3 is 15.7 Å². The zero-order valence-electron chi connectivity index (χ0n) is 10.9. The number of carbonyl (C=O) groups excluding carboxylic acids is 1. The van der Waals surface area contributed by atoms with Crippen LogP contribution < -0.4 is 5.73 Å². The Morgan fingerprint density at radius 2 is 1.94 bits per heavy atom. The first kappa shape index (κ1) is 13.3. The molecule has 2 fully saturated rings. The van der Waals surface area contributed by atoms with Crippen molar-refractivity contribution in [1.29, 1.82) is 0 Å². The second-order valence-corrected chi connectivity index (χ2v) is 5.66. The van der Waals surface area contributed by atoms with Crippen molar-refractivity contribution in [3.63, 3.8) is 0 Å². The molecule has 102 valence electrons. The molecule has 2 aliphatic rings. The first-order valence-electron chi connectivity index (χ1n) is 6.81. The SMILES string of the molecule is CCCC1(C(=O)O)CCCN1C(=O)C1(N)CCC1. The van der Waals surface area contributed by atoms with E-state index in [1.165, 1.54) is 0 Å². The van der Waals surface area contributed by atoms with Crippen LogP contribution in [0.5, 0.6) is 0 Å². The fourth-order valence-electron chi connectivity index (χ4n) is 3.22. The van der Waals surface area contributed by atoms with Crippen molar-refractivity contribution in [3.8, 4) is 0 Å². The molecule has 3 N–H and O–H groups in total. The maximum atomic E-state index is 12.5. The van der Waals surface area contributed by atoms with E-state index in [-0.39, 0.29) is 5.91 Å². The molecule has 1 amide bonds. The summed E-state index contributed by atoms with van der Waals surface area (Å²) in [6.45, 7) is 2.48. The zero-order chi connectivity index (χ0) is 13.4. The van der Waals surface area contributed by atoms with Crippen LogP contribution in [-0.2, 0) is 9.59 Å². The number of carbonyl (C=O) groups is 2. The highest BCUT2D eigenvalue weighted by molar-refractivity contribution is 5.93. The Hall–Kier alpha value is -1.10. The Kier molecular flexibility index (Phi) is 3.36. The van der Waals surface area contributed by atoms with Gasteiger partial charge in [0.05, 0.1) is 5.54 Å². The standard InChI is InChI=1S/C13H22N2O3/c1-2-5-13(11(17)18)8-4-9-15(13)10(16)12(14)6-3-7-12/h2-9,14H2,1H3,(H,17,18). The molecule has 0 bridgehead atoms. The highest BCUT2D eigenvalue weighted by Crippen LogP contribution is 2.39. The molecule has 5 heteroatoms. The summed E-state index contributed by atoms with van der Waals surface area (Å²) < 4.78 is 0. The van der Waals surface area contributed by atoms with Crippen LogP contribution in [0.1, 0.15) is 51.9 Å². The molecule has 0 spiro atoms. The second-order valence-electron chi connectivity index (χ2n) is 5.66. The number of amides is 1. The minimum Gasteiger partial charge on any atom is -0.479 e. The molecule has 0 radical (unpaired) electrons. The lowest BCUT2D eigenvalue weighted by Gasteiger charge is -2.44. The average molecular weight is 254 g/mol. The minimum absolute atomic E-state index is 0.151. The normalized spacial score (nSPS) is 30.0. The van der Waals surface area contributed by atoms with Crippen LogP contribution in [0, 0.1) is 0 Å². The van der Waals surface area contributed by atoms with Gasteiger partial charge in [-0.15, -0.1) is 0 Å². The van der Waals surface area contributed by atoms with Gasteiger partial charge in [0.25, 0.3) is 0 Å². The number of aliphatic carboxylic acids is 1. The number of carboxylic acids is 1. The van der Waals surface area contributed by atoms with Crippen LogP contribution >= 0.6 is 0 Å². The second kappa shape index (κ2) is 4.53. The van der Waals surface area contributed by atoms with E-state index in [1.807, 2.05) is 6.92 Å². The molecule has 2 rings (SSSR count). The lowest BCUT2D eigenvalue weighted by Crippen LogP contribution is -2.64. The lowest BCUT2D eigenvalue weighted by atomic mass is 9.75. The van der Waals surface area contributed by atoms with Gasteiger partial charge in [-0.1, -0.05) is 13.3 Å². The number of rotatable bonds is 4. The number of carboxylic acid groups (broad SMARTS) is 1. The molecule has 5 nitrogen and oxygen atoms in total. The van der Waals surface area contributed by atoms with Gasteiger partial charge >= 0.3 is 5.97 Å². The van der Waals surface area contributed by atoms with E-state index < -0.39 is 17.0 Å². The van der Waals surface area contributed by atoms with Gasteiger partial charge in [0.2, 0.25) is 5.91 Å². The monoisotopic (exact) mass is 254 g/mol. The van der Waals surface area contributed by atoms with Gasteiger partial charge in [-0.05, 0) is 38.5 Å². The van der Waals surface area contributed by atoms with Gasteiger partial charge in [0, 0.05) is 6.54 Å². The predicted molar refractivity (Wildman–Crippen MR) is 67.0 cm³/mol. The van der Waals surface area contributed by atoms with Crippen molar-refractivity contribution < 1.29 is 14.7 Å². The molecule has 1 heterocycles. The first-order valence-corrected chi connectivity index (χ1v) is 6.81. The molecule has 1 aliphatic heterocycles. The van der Waals surface area contributed by atoms with Gasteiger partial charge in [0.1, 0.15) is 5.54 Å². The predicted octanol–water partition coefficient (Wildman–Crippen LogP) is 1.11. The molecule has 1 atom stereocenters. The van der Waals surface area contributed by atoms with Crippen LogP contribution in [0.15, 0.2) is 0 Å². The fourth-order valence-corrected chi connectivity index (χ4v) is 3.22. The maximum Gasteiger partial charge on any atom is 0.329 e. The quantitative estimate of drug-likeness (QED) is 0.787. The third-order valence-electron chi connectivity index (χ3n) is 4.47. The van der Waals surface area contributed by atoms with Crippen molar-refractivity contribution in [2.75, 3.05) is 6.54 Å². The molecule has 1 unspecified atom stereocenters. The molecule has 1 aliphatic carbocycles. The molecular weight excluding hydrogens is 232 g/mol. The van der Waals surface area contributed by atoms with Crippen molar-refractivity contribution in [2.45, 2.75) is 62.9 Å². The summed E-state index contributed by atoms with van der Waals surface area (Å²) >= 11 is 0. The van der Waals surface area contributed by atoms with Crippen LogP contribution in [0.3, 0.4) is 0 Å². The average Bonchev–Trinajstić information content (AvgIpc) is 2.70. The summed E-state index contributed by atoms with van der Waals surface area (Å²) in [4.78, 5) is 25.7. The number of likely N-dealkylation sites (tertiary alicyclic amines) is 1. The Labute approximate surface area is 107 Å². The third-order valence-corrected chi connectivity index (χ3v) is 4.47. The highest BCUT2D eigenvalue weighted by Gasteiger charge is 2.54. The van der Waals surface area contributed by atoms with E-state index in [0.717, 1.165) is 19.3 Å². The summed E-state index contributed by atoms with van der Waals surface area (Å²) in [6.07, 6.45) is 4.92. The van der Waals surface area contributed by atoms with Crippen LogP contribution in [0.4, 0.5) is 0 Å². The van der Waals surface area contributed by atoms with Crippen molar-refractivity contribution in [2.24, 2.45) is 5.73 Å².